The van der Waals surface area contributed by atoms with Gasteiger partial charge in [-0.15, -0.1) is 6.58 Å². The molecule has 0 aliphatic heterocycles. The monoisotopic (exact) mass is 418 g/mol. The summed E-state index contributed by atoms with van der Waals surface area (Å²) in [6.07, 6.45) is 2.97. The quantitative estimate of drug-likeness (QED) is 0.148. The first-order valence-corrected chi connectivity index (χ1v) is 10.3. The maximum absolute atomic E-state index is 10.9. The van der Waals surface area contributed by atoms with E-state index in [0.29, 0.717) is 18.9 Å². The minimum Gasteiger partial charge on any atom is -0.353 e. The average Bonchev–Trinajstić information content (AvgIpc) is 3.58. The average molecular weight is 418 g/mol. The van der Waals surface area contributed by atoms with Crippen molar-refractivity contribution in [3.8, 4) is 34.2 Å². The van der Waals surface area contributed by atoms with E-state index in [1.165, 1.54) is 0 Å². The second kappa shape index (κ2) is 9.51. The van der Waals surface area contributed by atoms with Crippen LogP contribution in [0.15, 0.2) is 61.2 Å². The van der Waals surface area contributed by atoms with Gasteiger partial charge in [0.15, 0.2) is 12.6 Å². The molecular weight excluding hydrogens is 392 g/mol. The summed E-state index contributed by atoms with van der Waals surface area (Å²) in [5.74, 6) is 0. The number of rotatable bonds is 11. The molecule has 0 radical (unpaired) electrons. The molecule has 160 valence electrons. The van der Waals surface area contributed by atoms with Crippen molar-refractivity contribution in [1.82, 2.24) is 19.9 Å². The van der Waals surface area contributed by atoms with E-state index in [0.717, 1.165) is 52.6 Å². The Morgan fingerprint density at radius 2 is 1.35 bits per heavy atom. The number of aromatic amines is 4. The lowest BCUT2D eigenvalue weighted by atomic mass is 10.3. The van der Waals surface area contributed by atoms with Crippen LogP contribution in [-0.2, 0) is 9.47 Å². The summed E-state index contributed by atoms with van der Waals surface area (Å²) in [5, 5.41) is 0. The summed E-state index contributed by atoms with van der Waals surface area (Å²) < 4.78 is 11.6. The van der Waals surface area contributed by atoms with Gasteiger partial charge >= 0.3 is 0 Å². The first-order valence-electron chi connectivity index (χ1n) is 10.3. The molecule has 0 bridgehead atoms. The number of H-pyrrole nitrogens is 4. The SMILES string of the molecule is C=CCOC(OCCC)c1ccc(-c2ccc(-c3ccc(-c4ccc(C=O)[nH]4)[nH]3)[nH]2)[nH]1. The van der Waals surface area contributed by atoms with E-state index in [2.05, 4.69) is 33.4 Å². The maximum atomic E-state index is 10.9. The zero-order valence-electron chi connectivity index (χ0n) is 17.4. The van der Waals surface area contributed by atoms with Gasteiger partial charge in [0.25, 0.3) is 0 Å². The van der Waals surface area contributed by atoms with Gasteiger partial charge in [0.1, 0.15) is 0 Å². The Balaban J connectivity index is 1.51. The molecule has 1 unspecified atom stereocenters. The topological polar surface area (TPSA) is 98.7 Å². The normalized spacial score (nSPS) is 12.2. The maximum Gasteiger partial charge on any atom is 0.199 e. The minimum absolute atomic E-state index is 0.416. The summed E-state index contributed by atoms with van der Waals surface area (Å²) in [6.45, 7) is 6.80. The highest BCUT2D eigenvalue weighted by Crippen LogP contribution is 2.28. The largest absolute Gasteiger partial charge is 0.353 e. The van der Waals surface area contributed by atoms with Crippen LogP contribution >= 0.6 is 0 Å². The van der Waals surface area contributed by atoms with Gasteiger partial charge in [-0.05, 0) is 55.0 Å². The number of aldehydes is 1. The molecule has 0 saturated heterocycles. The van der Waals surface area contributed by atoms with Crippen molar-refractivity contribution < 1.29 is 14.3 Å². The van der Waals surface area contributed by atoms with Crippen LogP contribution in [0.3, 0.4) is 0 Å². The molecule has 7 nitrogen and oxygen atoms in total. The molecule has 4 N–H and O–H groups in total. The molecule has 4 heterocycles. The highest BCUT2D eigenvalue weighted by molar-refractivity contribution is 5.75. The van der Waals surface area contributed by atoms with Gasteiger partial charge in [-0.3, -0.25) is 4.79 Å². The van der Waals surface area contributed by atoms with Crippen molar-refractivity contribution in [1.29, 1.82) is 0 Å². The third-order valence-electron chi connectivity index (χ3n) is 4.88. The molecule has 4 aromatic rings. The summed E-state index contributed by atoms with van der Waals surface area (Å²) >= 11 is 0. The Morgan fingerprint density at radius 1 is 0.806 bits per heavy atom. The molecule has 0 saturated carbocycles. The summed E-state index contributed by atoms with van der Waals surface area (Å²) in [6, 6.07) is 15.7. The second-order valence-electron chi connectivity index (χ2n) is 7.17. The van der Waals surface area contributed by atoms with Crippen molar-refractivity contribution in [3.05, 3.63) is 72.6 Å². The zero-order valence-corrected chi connectivity index (χ0v) is 17.4. The standard InChI is InChI=1S/C24H26N4O3/c1-3-13-30-24(31-14-4-2)23-12-11-22(28-23)21-10-9-20(27-21)19-8-7-18(26-19)17-6-5-16(15-29)25-17/h3,5-12,15,24-28H,1,4,13-14H2,2H3. The molecule has 0 aliphatic rings. The summed E-state index contributed by atoms with van der Waals surface area (Å²) in [5.41, 5.74) is 7.01. The second-order valence-corrected chi connectivity index (χ2v) is 7.17. The third kappa shape index (κ3) is 4.63. The zero-order chi connectivity index (χ0) is 21.6. The number of aromatic nitrogens is 4. The summed E-state index contributed by atoms with van der Waals surface area (Å²) in [7, 11) is 0. The van der Waals surface area contributed by atoms with E-state index >= 15 is 0 Å². The Hall–Kier alpha value is -3.55. The smallest absolute Gasteiger partial charge is 0.199 e. The van der Waals surface area contributed by atoms with Crippen LogP contribution < -0.4 is 0 Å². The molecule has 0 aromatic carbocycles. The van der Waals surface area contributed by atoms with Gasteiger partial charge < -0.3 is 29.4 Å². The first-order chi connectivity index (χ1) is 15.2. The van der Waals surface area contributed by atoms with Gasteiger partial charge in [0.2, 0.25) is 0 Å². The predicted molar refractivity (Wildman–Crippen MR) is 121 cm³/mol. The van der Waals surface area contributed by atoms with Crippen LogP contribution in [0.4, 0.5) is 0 Å². The Bertz CT molecular complexity index is 1150. The van der Waals surface area contributed by atoms with Crippen molar-refractivity contribution >= 4 is 6.29 Å². The number of nitrogens with one attached hydrogen (secondary N) is 4. The molecule has 4 rings (SSSR count). The predicted octanol–water partition coefficient (Wildman–Crippen LogP) is 5.44. The molecule has 0 spiro atoms. The Kier molecular flexibility index (Phi) is 6.35. The lowest BCUT2D eigenvalue weighted by molar-refractivity contribution is -0.141. The van der Waals surface area contributed by atoms with E-state index in [-0.39, 0.29) is 0 Å². The third-order valence-corrected chi connectivity index (χ3v) is 4.88. The van der Waals surface area contributed by atoms with E-state index in [1.54, 1.807) is 12.1 Å². The minimum atomic E-state index is -0.454. The van der Waals surface area contributed by atoms with Gasteiger partial charge in [0, 0.05) is 6.61 Å². The van der Waals surface area contributed by atoms with Gasteiger partial charge in [-0.1, -0.05) is 13.0 Å². The highest BCUT2D eigenvalue weighted by Gasteiger charge is 2.15. The molecule has 4 aromatic heterocycles. The van der Waals surface area contributed by atoms with E-state index in [4.69, 9.17) is 9.47 Å². The van der Waals surface area contributed by atoms with Crippen LogP contribution in [0.25, 0.3) is 34.2 Å². The van der Waals surface area contributed by atoms with Crippen LogP contribution in [0.1, 0.15) is 35.8 Å². The van der Waals surface area contributed by atoms with Crippen LogP contribution in [0.5, 0.6) is 0 Å². The number of ether oxygens (including phenoxy) is 2. The number of hydrogen-bond acceptors (Lipinski definition) is 3. The summed E-state index contributed by atoms with van der Waals surface area (Å²) in [4.78, 5) is 24.2. The van der Waals surface area contributed by atoms with Crippen molar-refractivity contribution in [2.24, 2.45) is 0 Å². The number of hydrogen-bond donors (Lipinski definition) is 4. The molecular formula is C24H26N4O3. The number of carbonyl (C=O) groups is 1. The molecule has 0 amide bonds. The lowest BCUT2D eigenvalue weighted by Gasteiger charge is -2.16. The van der Waals surface area contributed by atoms with E-state index in [9.17, 15) is 4.79 Å². The van der Waals surface area contributed by atoms with Crippen molar-refractivity contribution in [2.45, 2.75) is 19.6 Å². The highest BCUT2D eigenvalue weighted by atomic mass is 16.7. The van der Waals surface area contributed by atoms with Crippen LogP contribution in [0.2, 0.25) is 0 Å². The van der Waals surface area contributed by atoms with Crippen LogP contribution in [-0.4, -0.2) is 39.4 Å². The molecule has 31 heavy (non-hydrogen) atoms. The van der Waals surface area contributed by atoms with Gasteiger partial charge in [-0.2, -0.15) is 0 Å². The van der Waals surface area contributed by atoms with Crippen LogP contribution in [0, 0.1) is 0 Å². The first kappa shape index (κ1) is 20.7. The van der Waals surface area contributed by atoms with Gasteiger partial charge in [0.05, 0.1) is 52.2 Å². The van der Waals surface area contributed by atoms with Crippen molar-refractivity contribution in [2.75, 3.05) is 13.2 Å². The fraction of sp³-hybridized carbons (Fsp3) is 0.208. The molecule has 1 atom stereocenters. The van der Waals surface area contributed by atoms with E-state index < -0.39 is 6.29 Å². The Labute approximate surface area is 180 Å². The van der Waals surface area contributed by atoms with E-state index in [1.807, 2.05) is 42.5 Å². The van der Waals surface area contributed by atoms with Gasteiger partial charge in [-0.25, -0.2) is 0 Å². The van der Waals surface area contributed by atoms with Crippen molar-refractivity contribution in [3.63, 3.8) is 0 Å². The molecule has 0 aliphatic carbocycles. The Morgan fingerprint density at radius 3 is 1.90 bits per heavy atom. The fourth-order valence-electron chi connectivity index (χ4n) is 3.37. The molecule has 0 fully saturated rings. The number of carbonyl (C=O) groups excluding carboxylic acids is 1. The lowest BCUT2D eigenvalue weighted by Crippen LogP contribution is -2.10. The fourth-order valence-corrected chi connectivity index (χ4v) is 3.37. The molecule has 7 heteroatoms.